The Hall–Kier alpha value is -1.62. The van der Waals surface area contributed by atoms with E-state index < -0.39 is 5.69 Å². The number of fused-ring (bicyclic) bond motifs is 1. The Morgan fingerprint density at radius 3 is 3.07 bits per heavy atom. The van der Waals surface area contributed by atoms with Crippen LogP contribution in [0.4, 0.5) is 0 Å². The van der Waals surface area contributed by atoms with Crippen molar-refractivity contribution in [2.24, 2.45) is 7.05 Å². The van der Waals surface area contributed by atoms with Crippen LogP contribution in [0.5, 0.6) is 0 Å². The molecule has 15 heavy (non-hydrogen) atoms. The van der Waals surface area contributed by atoms with E-state index in [-0.39, 0.29) is 5.15 Å². The topological polar surface area (TPSA) is 52.7 Å². The first-order chi connectivity index (χ1) is 7.15. The average Bonchev–Trinajstić information content (AvgIpc) is 2.59. The van der Waals surface area contributed by atoms with Crippen LogP contribution in [0.2, 0.25) is 5.15 Å². The van der Waals surface area contributed by atoms with Gasteiger partial charge < -0.3 is 4.57 Å². The molecular formula is C9H9ClN4O. The van der Waals surface area contributed by atoms with Crippen molar-refractivity contribution in [3.63, 3.8) is 0 Å². The number of imidazole rings is 1. The molecular weight excluding hydrogens is 216 g/mol. The summed E-state index contributed by atoms with van der Waals surface area (Å²) >= 11 is 5.90. The Morgan fingerprint density at radius 2 is 2.40 bits per heavy atom. The molecule has 0 fully saturated rings. The fourth-order valence-corrected chi connectivity index (χ4v) is 1.67. The molecule has 0 spiro atoms. The van der Waals surface area contributed by atoms with Crippen molar-refractivity contribution in [1.29, 1.82) is 0 Å². The number of rotatable bonds is 2. The van der Waals surface area contributed by atoms with Gasteiger partial charge in [-0.1, -0.05) is 17.7 Å². The molecule has 0 amide bonds. The third-order valence-electron chi connectivity index (χ3n) is 2.14. The highest BCUT2D eigenvalue weighted by atomic mass is 35.5. The third-order valence-corrected chi connectivity index (χ3v) is 2.40. The summed E-state index contributed by atoms with van der Waals surface area (Å²) in [7, 11) is 1.61. The number of allylic oxidation sites excluding steroid dienone is 1. The molecule has 0 atom stereocenters. The predicted octanol–water partition coefficient (Wildman–Crippen LogP) is 0.969. The Balaban J connectivity index is 2.86. The minimum Gasteiger partial charge on any atom is -0.323 e. The molecule has 2 aromatic rings. The van der Waals surface area contributed by atoms with Gasteiger partial charge in [0.05, 0.1) is 6.33 Å². The van der Waals surface area contributed by atoms with Gasteiger partial charge in [0.2, 0.25) is 0 Å². The van der Waals surface area contributed by atoms with Crippen LogP contribution in [0, 0.1) is 0 Å². The van der Waals surface area contributed by atoms with Crippen molar-refractivity contribution >= 4 is 22.8 Å². The monoisotopic (exact) mass is 224 g/mol. The van der Waals surface area contributed by atoms with Crippen LogP contribution in [0.25, 0.3) is 11.2 Å². The summed E-state index contributed by atoms with van der Waals surface area (Å²) < 4.78 is 3.15. The molecule has 5 nitrogen and oxygen atoms in total. The second-order valence-corrected chi connectivity index (χ2v) is 3.46. The van der Waals surface area contributed by atoms with Crippen LogP contribution in [-0.4, -0.2) is 19.1 Å². The molecule has 0 aliphatic heterocycles. The quantitative estimate of drug-likeness (QED) is 0.564. The molecule has 2 heterocycles. The average molecular weight is 225 g/mol. The Kier molecular flexibility index (Phi) is 2.32. The molecule has 0 saturated heterocycles. The molecule has 0 aliphatic rings. The number of aromatic nitrogens is 4. The lowest BCUT2D eigenvalue weighted by molar-refractivity contribution is 0.830. The molecule has 78 valence electrons. The zero-order valence-corrected chi connectivity index (χ0v) is 8.90. The van der Waals surface area contributed by atoms with Crippen molar-refractivity contribution in [2.45, 2.75) is 6.54 Å². The van der Waals surface area contributed by atoms with Gasteiger partial charge in [-0.05, 0) is 0 Å². The molecule has 0 N–H and O–H groups in total. The molecule has 2 rings (SSSR count). The minimum atomic E-state index is -0.406. The lowest BCUT2D eigenvalue weighted by Gasteiger charge is -2.02. The predicted molar refractivity (Wildman–Crippen MR) is 58.0 cm³/mol. The summed E-state index contributed by atoms with van der Waals surface area (Å²) in [6, 6.07) is 0. The number of nitrogens with zero attached hydrogens (tertiary/aromatic N) is 4. The van der Waals surface area contributed by atoms with Gasteiger partial charge in [0.15, 0.2) is 10.8 Å². The first-order valence-electron chi connectivity index (χ1n) is 4.33. The fraction of sp³-hybridized carbons (Fsp3) is 0.222. The lowest BCUT2D eigenvalue weighted by atomic mass is 10.5. The van der Waals surface area contributed by atoms with Crippen LogP contribution >= 0.6 is 11.6 Å². The summed E-state index contributed by atoms with van der Waals surface area (Å²) in [4.78, 5) is 19.1. The Bertz CT molecular complexity index is 584. The molecule has 0 unspecified atom stereocenters. The van der Waals surface area contributed by atoms with E-state index in [0.717, 1.165) is 0 Å². The van der Waals surface area contributed by atoms with Gasteiger partial charge in [-0.25, -0.2) is 9.78 Å². The van der Waals surface area contributed by atoms with Crippen molar-refractivity contribution in [3.05, 3.63) is 34.6 Å². The van der Waals surface area contributed by atoms with E-state index >= 15 is 0 Å². The lowest BCUT2D eigenvalue weighted by Crippen LogP contribution is -2.20. The number of aryl methyl sites for hydroxylation is 1. The normalized spacial score (nSPS) is 10.8. The number of hydrogen-bond acceptors (Lipinski definition) is 3. The summed E-state index contributed by atoms with van der Waals surface area (Å²) in [5.74, 6) is 0. The molecule has 0 saturated carbocycles. The Labute approximate surface area is 90.6 Å². The van der Waals surface area contributed by atoms with Gasteiger partial charge in [-0.3, -0.25) is 4.57 Å². The summed E-state index contributed by atoms with van der Waals surface area (Å²) in [6.45, 7) is 4.21. The number of halogens is 1. The van der Waals surface area contributed by atoms with Crippen LogP contribution in [-0.2, 0) is 13.6 Å². The van der Waals surface area contributed by atoms with Gasteiger partial charge >= 0.3 is 5.69 Å². The highest BCUT2D eigenvalue weighted by Gasteiger charge is 2.11. The first kappa shape index (κ1) is 9.92. The highest BCUT2D eigenvalue weighted by Crippen LogP contribution is 2.17. The van der Waals surface area contributed by atoms with Crippen molar-refractivity contribution in [3.8, 4) is 0 Å². The van der Waals surface area contributed by atoms with Crippen LogP contribution in [0.3, 0.4) is 0 Å². The van der Waals surface area contributed by atoms with Crippen molar-refractivity contribution < 1.29 is 0 Å². The fourth-order valence-electron chi connectivity index (χ4n) is 1.41. The van der Waals surface area contributed by atoms with Gasteiger partial charge in [-0.2, -0.15) is 4.98 Å². The van der Waals surface area contributed by atoms with E-state index in [1.54, 1.807) is 24.0 Å². The van der Waals surface area contributed by atoms with Gasteiger partial charge in [0.1, 0.15) is 5.52 Å². The van der Waals surface area contributed by atoms with E-state index in [1.165, 1.54) is 4.57 Å². The summed E-state index contributed by atoms with van der Waals surface area (Å²) in [5, 5.41) is 0.174. The van der Waals surface area contributed by atoms with Crippen LogP contribution < -0.4 is 5.69 Å². The molecule has 0 aromatic carbocycles. The molecule has 0 aliphatic carbocycles. The molecule has 2 aromatic heterocycles. The molecule has 0 bridgehead atoms. The first-order valence-corrected chi connectivity index (χ1v) is 4.71. The largest absolute Gasteiger partial charge is 0.350 e. The van der Waals surface area contributed by atoms with Gasteiger partial charge in [0, 0.05) is 13.6 Å². The number of hydrogen-bond donors (Lipinski definition) is 0. The standard InChI is InChI=1S/C9H9ClN4O/c1-3-4-14-5-11-8-6(14)7(10)12-9(15)13(8)2/h3,5H,1,4H2,2H3. The van der Waals surface area contributed by atoms with Crippen molar-refractivity contribution in [2.75, 3.05) is 0 Å². The van der Waals surface area contributed by atoms with Crippen LogP contribution in [0.1, 0.15) is 0 Å². The maximum absolute atomic E-state index is 11.3. The highest BCUT2D eigenvalue weighted by molar-refractivity contribution is 6.33. The van der Waals surface area contributed by atoms with E-state index in [2.05, 4.69) is 16.5 Å². The maximum Gasteiger partial charge on any atom is 0.350 e. The molecule has 6 heteroatoms. The zero-order chi connectivity index (χ0) is 11.0. The van der Waals surface area contributed by atoms with E-state index in [9.17, 15) is 4.79 Å². The molecule has 0 radical (unpaired) electrons. The van der Waals surface area contributed by atoms with E-state index in [0.29, 0.717) is 17.7 Å². The Morgan fingerprint density at radius 1 is 1.67 bits per heavy atom. The maximum atomic E-state index is 11.3. The van der Waals surface area contributed by atoms with Gasteiger partial charge in [0.25, 0.3) is 0 Å². The second-order valence-electron chi connectivity index (χ2n) is 3.10. The summed E-state index contributed by atoms with van der Waals surface area (Å²) in [6.07, 6.45) is 3.34. The minimum absolute atomic E-state index is 0.174. The SMILES string of the molecule is C=CCn1cnc2c1c(Cl)nc(=O)n2C. The van der Waals surface area contributed by atoms with E-state index in [1.807, 2.05) is 0 Å². The zero-order valence-electron chi connectivity index (χ0n) is 8.14. The second kappa shape index (κ2) is 3.51. The van der Waals surface area contributed by atoms with Crippen LogP contribution in [0.15, 0.2) is 23.8 Å². The summed E-state index contributed by atoms with van der Waals surface area (Å²) in [5.41, 5.74) is 0.775. The smallest absolute Gasteiger partial charge is 0.323 e. The van der Waals surface area contributed by atoms with Gasteiger partial charge in [-0.15, -0.1) is 6.58 Å². The van der Waals surface area contributed by atoms with Crippen molar-refractivity contribution in [1.82, 2.24) is 19.1 Å². The third kappa shape index (κ3) is 1.45. The van der Waals surface area contributed by atoms with E-state index in [4.69, 9.17) is 11.6 Å².